The van der Waals surface area contributed by atoms with Gasteiger partial charge in [0.1, 0.15) is 5.78 Å². The first-order valence-electron chi connectivity index (χ1n) is 7.33. The largest absolute Gasteiger partial charge is 0.356 e. The molecule has 0 radical (unpaired) electrons. The van der Waals surface area contributed by atoms with Crippen LogP contribution in [0.2, 0.25) is 0 Å². The molecule has 1 aliphatic rings. The van der Waals surface area contributed by atoms with Crippen LogP contribution in [0.3, 0.4) is 0 Å². The van der Waals surface area contributed by atoms with E-state index in [1.165, 1.54) is 0 Å². The number of hydrogen-bond donors (Lipinski definition) is 3. The Morgan fingerprint density at radius 3 is 2.68 bits per heavy atom. The first kappa shape index (κ1) is 16.9. The Balaban J connectivity index is 1.86. The highest BCUT2D eigenvalue weighted by Crippen LogP contribution is 2.39. The van der Waals surface area contributed by atoms with Crippen molar-refractivity contribution >= 4 is 24.4 Å². The van der Waals surface area contributed by atoms with E-state index < -0.39 is 13.4 Å². The molecule has 0 aromatic heterocycles. The molecular formula is C15H21N2O4P. The van der Waals surface area contributed by atoms with Crippen LogP contribution in [0.15, 0.2) is 30.3 Å². The van der Waals surface area contributed by atoms with Crippen LogP contribution in [0.25, 0.3) is 0 Å². The van der Waals surface area contributed by atoms with Gasteiger partial charge in [0.05, 0.1) is 6.04 Å². The normalized spacial score (nSPS) is 21.9. The number of nitrogens with one attached hydrogen (secondary N) is 1. The van der Waals surface area contributed by atoms with Crippen molar-refractivity contribution in [2.24, 2.45) is 11.7 Å². The van der Waals surface area contributed by atoms with Crippen LogP contribution in [-0.2, 0) is 14.2 Å². The lowest BCUT2D eigenvalue weighted by Gasteiger charge is -2.15. The minimum atomic E-state index is -3.54. The number of rotatable bonds is 7. The zero-order valence-electron chi connectivity index (χ0n) is 12.3. The van der Waals surface area contributed by atoms with Crippen molar-refractivity contribution in [3.63, 3.8) is 0 Å². The van der Waals surface area contributed by atoms with E-state index in [9.17, 15) is 19.0 Å². The monoisotopic (exact) mass is 324 g/mol. The van der Waals surface area contributed by atoms with Crippen LogP contribution in [-0.4, -0.2) is 35.3 Å². The van der Waals surface area contributed by atoms with E-state index in [-0.39, 0.29) is 30.2 Å². The van der Waals surface area contributed by atoms with Crippen molar-refractivity contribution in [1.82, 2.24) is 5.32 Å². The van der Waals surface area contributed by atoms with Gasteiger partial charge in [-0.2, -0.15) is 0 Å². The third-order valence-electron chi connectivity index (χ3n) is 3.94. The summed E-state index contributed by atoms with van der Waals surface area (Å²) in [5.74, 6) is -0.570. The first-order chi connectivity index (χ1) is 10.4. The number of Topliss-reactive ketones (excluding diaryl/α,β-unsaturated/α-hetero) is 1. The Kier molecular flexibility index (Phi) is 5.51. The van der Waals surface area contributed by atoms with Gasteiger partial charge >= 0.3 is 0 Å². The van der Waals surface area contributed by atoms with Crippen LogP contribution >= 0.6 is 7.37 Å². The number of amides is 1. The molecule has 1 amide bonds. The maximum atomic E-state index is 12.2. The lowest BCUT2D eigenvalue weighted by molar-refractivity contribution is -0.123. The zero-order valence-corrected chi connectivity index (χ0v) is 13.2. The second kappa shape index (κ2) is 7.18. The van der Waals surface area contributed by atoms with E-state index in [0.717, 1.165) is 0 Å². The number of benzene rings is 1. The predicted octanol–water partition coefficient (Wildman–Crippen LogP) is 0.395. The third-order valence-corrected chi connectivity index (χ3v) is 5.87. The minimum absolute atomic E-state index is 0.0574. The lowest BCUT2D eigenvalue weighted by Crippen LogP contribution is -2.35. The predicted molar refractivity (Wildman–Crippen MR) is 84.1 cm³/mol. The minimum Gasteiger partial charge on any atom is -0.356 e. The van der Waals surface area contributed by atoms with Crippen LogP contribution < -0.4 is 16.4 Å². The average Bonchev–Trinajstić information content (AvgIpc) is 2.91. The quantitative estimate of drug-likeness (QED) is 0.629. The van der Waals surface area contributed by atoms with E-state index in [1.54, 1.807) is 30.3 Å². The summed E-state index contributed by atoms with van der Waals surface area (Å²) in [6.07, 6.45) is 0.798. The summed E-state index contributed by atoms with van der Waals surface area (Å²) in [6, 6.07) is 7.53. The molecule has 1 saturated heterocycles. The SMILES string of the molecule is N[C@@H](C[C@@H]1CCNC1=O)C(=O)CCP(=O)(O)c1ccccc1. The van der Waals surface area contributed by atoms with Gasteiger partial charge in [0.2, 0.25) is 13.3 Å². The maximum Gasteiger partial charge on any atom is 0.230 e. The number of hydrogen-bond acceptors (Lipinski definition) is 4. The molecule has 120 valence electrons. The Labute approximate surface area is 129 Å². The molecule has 7 heteroatoms. The summed E-state index contributed by atoms with van der Waals surface area (Å²) >= 11 is 0. The van der Waals surface area contributed by atoms with Gasteiger partial charge in [-0.25, -0.2) is 0 Å². The highest BCUT2D eigenvalue weighted by Gasteiger charge is 2.29. The highest BCUT2D eigenvalue weighted by atomic mass is 31.2. The second-order valence-corrected chi connectivity index (χ2v) is 7.96. The van der Waals surface area contributed by atoms with Crippen LogP contribution in [0.5, 0.6) is 0 Å². The molecule has 1 aromatic rings. The summed E-state index contributed by atoms with van der Waals surface area (Å²) in [5, 5.41) is 3.04. The van der Waals surface area contributed by atoms with Crippen molar-refractivity contribution in [3.05, 3.63) is 30.3 Å². The van der Waals surface area contributed by atoms with E-state index in [0.29, 0.717) is 24.7 Å². The Bertz CT molecular complexity index is 590. The van der Waals surface area contributed by atoms with Gasteiger partial charge in [0, 0.05) is 30.3 Å². The first-order valence-corrected chi connectivity index (χ1v) is 9.18. The van der Waals surface area contributed by atoms with Crippen molar-refractivity contribution in [1.29, 1.82) is 0 Å². The fraction of sp³-hybridized carbons (Fsp3) is 0.467. The van der Waals surface area contributed by atoms with Crippen molar-refractivity contribution in [2.45, 2.75) is 25.3 Å². The van der Waals surface area contributed by atoms with Crippen LogP contribution in [0.4, 0.5) is 0 Å². The molecule has 1 aliphatic heterocycles. The maximum absolute atomic E-state index is 12.2. The van der Waals surface area contributed by atoms with Gasteiger partial charge in [-0.15, -0.1) is 0 Å². The number of ketones is 1. The molecule has 1 fully saturated rings. The smallest absolute Gasteiger partial charge is 0.230 e. The van der Waals surface area contributed by atoms with Gasteiger partial charge in [-0.05, 0) is 25.0 Å². The topological polar surface area (TPSA) is 109 Å². The van der Waals surface area contributed by atoms with Crippen molar-refractivity contribution < 1.29 is 19.0 Å². The fourth-order valence-corrected chi connectivity index (χ4v) is 3.96. The summed E-state index contributed by atoms with van der Waals surface area (Å²) in [4.78, 5) is 33.5. The van der Waals surface area contributed by atoms with Gasteiger partial charge in [0.25, 0.3) is 0 Å². The third kappa shape index (κ3) is 4.26. The standard InChI is InChI=1S/C15H21N2O4P/c16-13(10-11-6-8-17-15(11)19)14(18)7-9-22(20,21)12-4-2-1-3-5-12/h1-5,11,13H,6-10,16H2,(H,17,19)(H,20,21)/t11-,13-/m0/s1. The number of carbonyl (C=O) groups excluding carboxylic acids is 2. The van der Waals surface area contributed by atoms with Gasteiger partial charge in [-0.3, -0.25) is 14.2 Å². The van der Waals surface area contributed by atoms with Crippen molar-refractivity contribution in [2.75, 3.05) is 12.7 Å². The molecule has 0 bridgehead atoms. The highest BCUT2D eigenvalue weighted by molar-refractivity contribution is 7.66. The summed E-state index contributed by atoms with van der Waals surface area (Å²) < 4.78 is 12.2. The molecule has 1 unspecified atom stereocenters. The van der Waals surface area contributed by atoms with E-state index in [2.05, 4.69) is 5.32 Å². The molecule has 2 rings (SSSR count). The van der Waals surface area contributed by atoms with E-state index >= 15 is 0 Å². The summed E-state index contributed by atoms with van der Waals surface area (Å²) in [6.45, 7) is 0.615. The Hall–Kier alpha value is -1.49. The molecular weight excluding hydrogens is 303 g/mol. The van der Waals surface area contributed by atoms with Gasteiger partial charge < -0.3 is 15.9 Å². The second-order valence-electron chi connectivity index (χ2n) is 5.60. The Morgan fingerprint density at radius 2 is 2.09 bits per heavy atom. The fourth-order valence-electron chi connectivity index (χ4n) is 2.55. The van der Waals surface area contributed by atoms with Crippen LogP contribution in [0.1, 0.15) is 19.3 Å². The molecule has 0 spiro atoms. The molecule has 0 saturated carbocycles. The molecule has 6 nitrogen and oxygen atoms in total. The summed E-state index contributed by atoms with van der Waals surface area (Å²) in [5.41, 5.74) is 5.83. The number of nitrogens with two attached hydrogens (primary N) is 1. The van der Waals surface area contributed by atoms with Gasteiger partial charge in [0.15, 0.2) is 0 Å². The molecule has 4 N–H and O–H groups in total. The van der Waals surface area contributed by atoms with Crippen LogP contribution in [0, 0.1) is 5.92 Å². The molecule has 22 heavy (non-hydrogen) atoms. The molecule has 0 aliphatic carbocycles. The Morgan fingerprint density at radius 1 is 1.41 bits per heavy atom. The molecule has 1 heterocycles. The van der Waals surface area contributed by atoms with Gasteiger partial charge in [-0.1, -0.05) is 18.2 Å². The molecule has 1 aromatic carbocycles. The van der Waals surface area contributed by atoms with Crippen molar-refractivity contribution in [3.8, 4) is 0 Å². The van der Waals surface area contributed by atoms with E-state index in [1.807, 2.05) is 0 Å². The number of carbonyl (C=O) groups is 2. The summed E-state index contributed by atoms with van der Waals surface area (Å²) in [7, 11) is -3.54. The molecule has 3 atom stereocenters. The lowest BCUT2D eigenvalue weighted by atomic mass is 9.96. The zero-order chi connectivity index (χ0) is 16.2. The van der Waals surface area contributed by atoms with E-state index in [4.69, 9.17) is 5.73 Å². The average molecular weight is 324 g/mol.